The van der Waals surface area contributed by atoms with Crippen LogP contribution in [0.15, 0.2) is 29.2 Å². The largest absolute Gasteiger partial charge is 0.446 e. The normalized spacial score (nSPS) is 13.9. The van der Waals surface area contributed by atoms with Gasteiger partial charge >= 0.3 is 5.51 Å². The Kier molecular flexibility index (Phi) is 5.53. The third kappa shape index (κ3) is 5.78. The van der Waals surface area contributed by atoms with Crippen LogP contribution in [0.25, 0.3) is 0 Å². The molecule has 2 N–H and O–H groups in total. The summed E-state index contributed by atoms with van der Waals surface area (Å²) in [5, 5.41) is 0. The topological polar surface area (TPSA) is 26.0 Å². The molecule has 0 radical (unpaired) electrons. The molecule has 1 atom stereocenters. The quantitative estimate of drug-likeness (QED) is 0.787. The Morgan fingerprint density at radius 3 is 2.11 bits per heavy atom. The molecule has 0 saturated carbocycles. The molecule has 0 spiro atoms. The van der Waals surface area contributed by atoms with Gasteiger partial charge in [0.2, 0.25) is 0 Å². The Morgan fingerprint density at radius 2 is 1.67 bits per heavy atom. The first kappa shape index (κ1) is 15.4. The SMILES string of the molecule is CC(C)CC[C@H](N)c1ccc(SC(F)(F)F)cc1. The minimum absolute atomic E-state index is 0.0997. The highest BCUT2D eigenvalue weighted by Gasteiger charge is 2.29. The maximum atomic E-state index is 12.1. The van der Waals surface area contributed by atoms with Gasteiger partial charge in [0.05, 0.1) is 0 Å². The lowest BCUT2D eigenvalue weighted by atomic mass is 9.98. The molecule has 18 heavy (non-hydrogen) atoms. The van der Waals surface area contributed by atoms with Crippen LogP contribution < -0.4 is 5.73 Å². The lowest BCUT2D eigenvalue weighted by Crippen LogP contribution is -2.11. The van der Waals surface area contributed by atoms with Crippen LogP contribution in [0.2, 0.25) is 0 Å². The third-order valence-corrected chi connectivity index (χ3v) is 3.34. The summed E-state index contributed by atoms with van der Waals surface area (Å²) in [6.07, 6.45) is 1.86. The number of nitrogens with two attached hydrogens (primary N) is 1. The number of halogens is 3. The van der Waals surface area contributed by atoms with Crippen LogP contribution in [0.1, 0.15) is 38.3 Å². The molecule has 1 nitrogen and oxygen atoms in total. The highest BCUT2D eigenvalue weighted by molar-refractivity contribution is 8.00. The van der Waals surface area contributed by atoms with E-state index in [1.54, 1.807) is 12.1 Å². The predicted octanol–water partition coefficient (Wildman–Crippen LogP) is 4.73. The first-order valence-corrected chi connectivity index (χ1v) is 6.71. The van der Waals surface area contributed by atoms with Crippen LogP contribution in [-0.4, -0.2) is 5.51 Å². The van der Waals surface area contributed by atoms with Gasteiger partial charge in [-0.15, -0.1) is 0 Å². The van der Waals surface area contributed by atoms with E-state index in [1.807, 2.05) is 0 Å². The molecule has 0 amide bonds. The van der Waals surface area contributed by atoms with E-state index < -0.39 is 5.51 Å². The first-order chi connectivity index (χ1) is 8.28. The molecule has 0 unspecified atom stereocenters. The molecule has 1 aromatic rings. The fourth-order valence-electron chi connectivity index (χ4n) is 1.60. The summed E-state index contributed by atoms with van der Waals surface area (Å²) < 4.78 is 36.4. The summed E-state index contributed by atoms with van der Waals surface area (Å²) in [6, 6.07) is 6.21. The molecule has 0 aliphatic carbocycles. The monoisotopic (exact) mass is 277 g/mol. The molecule has 5 heteroatoms. The number of benzene rings is 1. The summed E-state index contributed by atoms with van der Waals surface area (Å²) in [7, 11) is 0. The molecule has 102 valence electrons. The zero-order valence-corrected chi connectivity index (χ0v) is 11.3. The number of rotatable bonds is 5. The predicted molar refractivity (Wildman–Crippen MR) is 69.4 cm³/mol. The highest BCUT2D eigenvalue weighted by atomic mass is 32.2. The summed E-state index contributed by atoms with van der Waals surface area (Å²) in [5.41, 5.74) is 2.65. The fraction of sp³-hybridized carbons (Fsp3) is 0.538. The van der Waals surface area contributed by atoms with E-state index in [4.69, 9.17) is 5.73 Å². The second-order valence-electron chi connectivity index (χ2n) is 4.69. The van der Waals surface area contributed by atoms with Crippen LogP contribution in [-0.2, 0) is 0 Å². The second kappa shape index (κ2) is 6.48. The molecule has 0 aromatic heterocycles. The van der Waals surface area contributed by atoms with Crippen molar-refractivity contribution in [1.29, 1.82) is 0 Å². The molecular weight excluding hydrogens is 259 g/mol. The van der Waals surface area contributed by atoms with Crippen molar-refractivity contribution in [1.82, 2.24) is 0 Å². The molecule has 0 bridgehead atoms. The lowest BCUT2D eigenvalue weighted by Gasteiger charge is -2.14. The number of hydrogen-bond acceptors (Lipinski definition) is 2. The van der Waals surface area contributed by atoms with Crippen LogP contribution in [0.4, 0.5) is 13.2 Å². The van der Waals surface area contributed by atoms with Gasteiger partial charge < -0.3 is 5.73 Å². The van der Waals surface area contributed by atoms with Crippen molar-refractivity contribution in [3.8, 4) is 0 Å². The zero-order valence-electron chi connectivity index (χ0n) is 10.5. The van der Waals surface area contributed by atoms with Gasteiger partial charge in [-0.3, -0.25) is 0 Å². The summed E-state index contributed by atoms with van der Waals surface area (Å²) in [6.45, 7) is 4.24. The van der Waals surface area contributed by atoms with Gasteiger partial charge in [0.15, 0.2) is 0 Å². The minimum atomic E-state index is -4.23. The van der Waals surface area contributed by atoms with E-state index in [9.17, 15) is 13.2 Å². The van der Waals surface area contributed by atoms with Crippen molar-refractivity contribution in [2.24, 2.45) is 11.7 Å². The summed E-state index contributed by atoms with van der Waals surface area (Å²) >= 11 is -0.101. The van der Waals surface area contributed by atoms with E-state index >= 15 is 0 Å². The molecule has 0 aliphatic heterocycles. The first-order valence-electron chi connectivity index (χ1n) is 5.89. The lowest BCUT2D eigenvalue weighted by molar-refractivity contribution is -0.0328. The van der Waals surface area contributed by atoms with Crippen LogP contribution >= 0.6 is 11.8 Å². The van der Waals surface area contributed by atoms with Crippen molar-refractivity contribution >= 4 is 11.8 Å². The average molecular weight is 277 g/mol. The van der Waals surface area contributed by atoms with Crippen LogP contribution in [0.3, 0.4) is 0 Å². The smallest absolute Gasteiger partial charge is 0.324 e. The molecule has 1 aromatic carbocycles. The van der Waals surface area contributed by atoms with Crippen molar-refractivity contribution in [2.75, 3.05) is 0 Å². The van der Waals surface area contributed by atoms with Crippen molar-refractivity contribution in [3.05, 3.63) is 29.8 Å². The summed E-state index contributed by atoms with van der Waals surface area (Å²) in [5.74, 6) is 0.580. The zero-order chi connectivity index (χ0) is 13.8. The van der Waals surface area contributed by atoms with Gasteiger partial charge in [-0.1, -0.05) is 26.0 Å². The average Bonchev–Trinajstić information content (AvgIpc) is 2.24. The third-order valence-electron chi connectivity index (χ3n) is 2.60. The Balaban J connectivity index is 2.59. The molecule has 1 rings (SSSR count). The van der Waals surface area contributed by atoms with Crippen molar-refractivity contribution < 1.29 is 13.2 Å². The van der Waals surface area contributed by atoms with Gasteiger partial charge in [0, 0.05) is 10.9 Å². The number of hydrogen-bond donors (Lipinski definition) is 1. The van der Waals surface area contributed by atoms with E-state index in [0.717, 1.165) is 18.4 Å². The molecule has 0 saturated heterocycles. The van der Waals surface area contributed by atoms with E-state index in [2.05, 4.69) is 13.8 Å². The van der Waals surface area contributed by atoms with Gasteiger partial charge in [0.1, 0.15) is 0 Å². The molecular formula is C13H18F3NS. The van der Waals surface area contributed by atoms with Gasteiger partial charge in [-0.2, -0.15) is 13.2 Å². The second-order valence-corrected chi connectivity index (χ2v) is 5.83. The van der Waals surface area contributed by atoms with E-state index in [-0.39, 0.29) is 22.7 Å². The van der Waals surface area contributed by atoms with Gasteiger partial charge in [-0.25, -0.2) is 0 Å². The fourth-order valence-corrected chi connectivity index (χ4v) is 2.14. The summed E-state index contributed by atoms with van der Waals surface area (Å²) in [4.78, 5) is 0.197. The number of thioether (sulfide) groups is 1. The standard InChI is InChI=1S/C13H18F3NS/c1-9(2)3-8-12(17)10-4-6-11(7-5-10)18-13(14,15)16/h4-7,9,12H,3,8,17H2,1-2H3/t12-/m0/s1. The Bertz CT molecular complexity index is 359. The Morgan fingerprint density at radius 1 is 1.11 bits per heavy atom. The van der Waals surface area contributed by atoms with E-state index in [0.29, 0.717) is 5.92 Å². The van der Waals surface area contributed by atoms with Crippen molar-refractivity contribution in [3.63, 3.8) is 0 Å². The van der Waals surface area contributed by atoms with Crippen LogP contribution in [0.5, 0.6) is 0 Å². The molecule has 0 heterocycles. The maximum Gasteiger partial charge on any atom is 0.446 e. The van der Waals surface area contributed by atoms with Crippen LogP contribution in [0, 0.1) is 5.92 Å². The number of alkyl halides is 3. The molecule has 0 fully saturated rings. The molecule has 0 aliphatic rings. The van der Waals surface area contributed by atoms with Gasteiger partial charge in [0.25, 0.3) is 0 Å². The van der Waals surface area contributed by atoms with Gasteiger partial charge in [-0.05, 0) is 48.2 Å². The Labute approximate surface area is 110 Å². The van der Waals surface area contributed by atoms with Crippen molar-refractivity contribution in [2.45, 2.75) is 43.1 Å². The van der Waals surface area contributed by atoms with E-state index in [1.165, 1.54) is 12.1 Å². The highest BCUT2D eigenvalue weighted by Crippen LogP contribution is 2.37. The Hall–Kier alpha value is -0.680. The minimum Gasteiger partial charge on any atom is -0.324 e. The maximum absolute atomic E-state index is 12.1.